The molecule has 0 bridgehead atoms. The number of anilines is 1. The van der Waals surface area contributed by atoms with Gasteiger partial charge in [-0.15, -0.1) is 11.8 Å². The number of benzene rings is 2. The summed E-state index contributed by atoms with van der Waals surface area (Å²) < 4.78 is 31.6. The molecule has 0 aliphatic rings. The van der Waals surface area contributed by atoms with E-state index in [2.05, 4.69) is 15.5 Å². The largest absolute Gasteiger partial charge is 0.334 e. The molecule has 0 fully saturated rings. The van der Waals surface area contributed by atoms with Crippen molar-refractivity contribution < 1.29 is 18.1 Å². The SMILES string of the molecule is Cc1cccc(-c2nc(C(C)C)no2)c1NC(=O)CSc1ccc(F)c(F)c1. The Balaban J connectivity index is 1.75. The molecule has 3 aromatic rings. The molecule has 3 rings (SSSR count). The minimum atomic E-state index is -0.941. The summed E-state index contributed by atoms with van der Waals surface area (Å²) in [6.07, 6.45) is 0. The number of nitrogens with zero attached hydrogens (tertiary/aromatic N) is 2. The molecule has 5 nitrogen and oxygen atoms in total. The Kier molecular flexibility index (Phi) is 6.08. The second-order valence-corrected chi connectivity index (χ2v) is 7.57. The Labute approximate surface area is 165 Å². The van der Waals surface area contributed by atoms with Gasteiger partial charge in [-0.2, -0.15) is 4.98 Å². The Morgan fingerprint density at radius 2 is 2.00 bits per heavy atom. The summed E-state index contributed by atoms with van der Waals surface area (Å²) in [6, 6.07) is 9.04. The van der Waals surface area contributed by atoms with Crippen molar-refractivity contribution in [2.45, 2.75) is 31.6 Å². The van der Waals surface area contributed by atoms with Crippen molar-refractivity contribution >= 4 is 23.4 Å². The fraction of sp³-hybridized carbons (Fsp3) is 0.250. The van der Waals surface area contributed by atoms with Gasteiger partial charge < -0.3 is 9.84 Å². The lowest BCUT2D eigenvalue weighted by molar-refractivity contribution is -0.113. The average Bonchev–Trinajstić information content (AvgIpc) is 3.15. The van der Waals surface area contributed by atoms with Crippen LogP contribution in [0, 0.1) is 18.6 Å². The van der Waals surface area contributed by atoms with Gasteiger partial charge in [0.05, 0.1) is 17.0 Å². The third-order valence-electron chi connectivity index (χ3n) is 3.99. The van der Waals surface area contributed by atoms with Crippen LogP contribution in [-0.4, -0.2) is 21.8 Å². The number of hydrogen-bond acceptors (Lipinski definition) is 5. The van der Waals surface area contributed by atoms with E-state index in [0.717, 1.165) is 29.5 Å². The molecule has 0 saturated heterocycles. The second-order valence-electron chi connectivity index (χ2n) is 6.52. The van der Waals surface area contributed by atoms with E-state index in [9.17, 15) is 13.6 Å². The Hall–Kier alpha value is -2.74. The summed E-state index contributed by atoms with van der Waals surface area (Å²) in [5, 5.41) is 6.82. The Morgan fingerprint density at radius 1 is 1.21 bits per heavy atom. The minimum Gasteiger partial charge on any atom is -0.334 e. The lowest BCUT2D eigenvalue weighted by Crippen LogP contribution is -2.15. The number of halogens is 2. The molecule has 0 saturated carbocycles. The minimum absolute atomic E-state index is 0.0416. The zero-order chi connectivity index (χ0) is 20.3. The standard InChI is InChI=1S/C20H19F2N3O2S/c1-11(2)19-24-20(27-25-19)14-6-4-5-12(3)18(14)23-17(26)10-28-13-7-8-15(21)16(22)9-13/h4-9,11H,10H2,1-3H3,(H,23,26). The third kappa shape index (κ3) is 4.56. The van der Waals surface area contributed by atoms with Gasteiger partial charge in [-0.3, -0.25) is 4.79 Å². The molecule has 1 heterocycles. The van der Waals surface area contributed by atoms with E-state index in [4.69, 9.17) is 4.52 Å². The predicted octanol–water partition coefficient (Wildman–Crippen LogP) is 5.18. The van der Waals surface area contributed by atoms with Crippen LogP contribution < -0.4 is 5.32 Å². The van der Waals surface area contributed by atoms with Crippen molar-refractivity contribution in [3.63, 3.8) is 0 Å². The van der Waals surface area contributed by atoms with Crippen molar-refractivity contribution in [2.24, 2.45) is 0 Å². The van der Waals surface area contributed by atoms with Gasteiger partial charge in [-0.1, -0.05) is 31.1 Å². The molecule has 0 spiro atoms. The predicted molar refractivity (Wildman–Crippen MR) is 104 cm³/mol. The number of carbonyl (C=O) groups excluding carboxylic acids is 1. The number of thioether (sulfide) groups is 1. The summed E-state index contributed by atoms with van der Waals surface area (Å²) in [5.74, 6) is -1.07. The highest BCUT2D eigenvalue weighted by molar-refractivity contribution is 8.00. The van der Waals surface area contributed by atoms with Crippen molar-refractivity contribution in [2.75, 3.05) is 11.1 Å². The smallest absolute Gasteiger partial charge is 0.260 e. The van der Waals surface area contributed by atoms with E-state index in [1.54, 1.807) is 6.07 Å². The molecule has 0 aliphatic carbocycles. The van der Waals surface area contributed by atoms with Crippen LogP contribution in [0.25, 0.3) is 11.5 Å². The van der Waals surface area contributed by atoms with Crippen LogP contribution in [0.5, 0.6) is 0 Å². The van der Waals surface area contributed by atoms with Crippen LogP contribution in [0.15, 0.2) is 45.8 Å². The van der Waals surface area contributed by atoms with Gasteiger partial charge in [0, 0.05) is 10.8 Å². The molecule has 1 aromatic heterocycles. The van der Waals surface area contributed by atoms with E-state index < -0.39 is 11.6 Å². The molecule has 0 radical (unpaired) electrons. The summed E-state index contributed by atoms with van der Waals surface area (Å²) in [6.45, 7) is 5.79. The van der Waals surface area contributed by atoms with Crippen molar-refractivity contribution in [1.29, 1.82) is 0 Å². The van der Waals surface area contributed by atoms with Gasteiger partial charge in [-0.05, 0) is 36.8 Å². The van der Waals surface area contributed by atoms with E-state index in [-0.39, 0.29) is 17.6 Å². The zero-order valence-corrected chi connectivity index (χ0v) is 16.4. The fourth-order valence-corrected chi connectivity index (χ4v) is 3.20. The molecule has 0 unspecified atom stereocenters. The van der Waals surface area contributed by atoms with E-state index in [1.165, 1.54) is 6.07 Å². The Morgan fingerprint density at radius 3 is 2.68 bits per heavy atom. The molecule has 1 amide bonds. The molecule has 2 aromatic carbocycles. The fourth-order valence-electron chi connectivity index (χ4n) is 2.48. The monoisotopic (exact) mass is 403 g/mol. The number of aryl methyl sites for hydroxylation is 1. The molecule has 1 N–H and O–H groups in total. The first-order valence-corrected chi connectivity index (χ1v) is 9.65. The number of carbonyl (C=O) groups is 1. The quantitative estimate of drug-likeness (QED) is 0.575. The summed E-state index contributed by atoms with van der Waals surface area (Å²) in [5.41, 5.74) is 2.05. The number of hydrogen-bond donors (Lipinski definition) is 1. The lowest BCUT2D eigenvalue weighted by Gasteiger charge is -2.11. The highest BCUT2D eigenvalue weighted by Gasteiger charge is 2.18. The van der Waals surface area contributed by atoms with Crippen LogP contribution >= 0.6 is 11.8 Å². The molecular weight excluding hydrogens is 384 g/mol. The maximum Gasteiger partial charge on any atom is 0.260 e. The van der Waals surface area contributed by atoms with Gasteiger partial charge >= 0.3 is 0 Å². The molecule has 146 valence electrons. The van der Waals surface area contributed by atoms with Crippen LogP contribution in [0.2, 0.25) is 0 Å². The van der Waals surface area contributed by atoms with Gasteiger partial charge in [-0.25, -0.2) is 8.78 Å². The normalized spacial score (nSPS) is 11.1. The highest BCUT2D eigenvalue weighted by atomic mass is 32.2. The van der Waals surface area contributed by atoms with Crippen LogP contribution in [0.4, 0.5) is 14.5 Å². The first kappa shape index (κ1) is 20.0. The second kappa shape index (κ2) is 8.52. The van der Waals surface area contributed by atoms with Crippen LogP contribution in [-0.2, 0) is 4.79 Å². The number of nitrogens with one attached hydrogen (secondary N) is 1. The van der Waals surface area contributed by atoms with Crippen molar-refractivity contribution in [3.8, 4) is 11.5 Å². The Bertz CT molecular complexity index is 1000. The van der Waals surface area contributed by atoms with Gasteiger partial charge in [0.15, 0.2) is 17.5 Å². The zero-order valence-electron chi connectivity index (χ0n) is 15.6. The number of rotatable bonds is 6. The summed E-state index contributed by atoms with van der Waals surface area (Å²) in [4.78, 5) is 17.3. The third-order valence-corrected chi connectivity index (χ3v) is 4.98. The van der Waals surface area contributed by atoms with Gasteiger partial charge in [0.2, 0.25) is 5.91 Å². The first-order valence-electron chi connectivity index (χ1n) is 8.66. The number of para-hydroxylation sites is 1. The van der Waals surface area contributed by atoms with E-state index in [1.807, 2.05) is 32.9 Å². The van der Waals surface area contributed by atoms with E-state index >= 15 is 0 Å². The van der Waals surface area contributed by atoms with Gasteiger partial charge in [0.1, 0.15) is 0 Å². The molecule has 0 atom stereocenters. The summed E-state index contributed by atoms with van der Waals surface area (Å²) >= 11 is 1.12. The molecule has 8 heteroatoms. The van der Waals surface area contributed by atoms with Gasteiger partial charge in [0.25, 0.3) is 5.89 Å². The van der Waals surface area contributed by atoms with Crippen LogP contribution in [0.1, 0.15) is 31.2 Å². The van der Waals surface area contributed by atoms with Crippen molar-refractivity contribution in [3.05, 3.63) is 59.4 Å². The van der Waals surface area contributed by atoms with Crippen LogP contribution in [0.3, 0.4) is 0 Å². The molecule has 28 heavy (non-hydrogen) atoms. The number of aromatic nitrogens is 2. The molecular formula is C20H19F2N3O2S. The summed E-state index contributed by atoms with van der Waals surface area (Å²) in [7, 11) is 0. The lowest BCUT2D eigenvalue weighted by atomic mass is 10.1. The average molecular weight is 403 g/mol. The highest BCUT2D eigenvalue weighted by Crippen LogP contribution is 2.31. The maximum atomic E-state index is 13.3. The number of amides is 1. The topological polar surface area (TPSA) is 68.0 Å². The maximum absolute atomic E-state index is 13.3. The van der Waals surface area contributed by atoms with Crippen molar-refractivity contribution in [1.82, 2.24) is 10.1 Å². The first-order chi connectivity index (χ1) is 13.3. The van der Waals surface area contributed by atoms with E-state index in [0.29, 0.717) is 27.9 Å². The molecule has 0 aliphatic heterocycles.